The summed E-state index contributed by atoms with van der Waals surface area (Å²) in [4.78, 5) is 0. The van der Waals surface area contributed by atoms with Gasteiger partial charge in [-0.1, -0.05) is 90.5 Å². The number of allylic oxidation sites excluding steroid dienone is 5. The topological polar surface area (TPSA) is 0 Å². The van der Waals surface area contributed by atoms with E-state index in [4.69, 9.17) is 0 Å². The maximum Gasteiger partial charge on any atom is 0.126 e. The second kappa shape index (κ2) is 9.75. The van der Waals surface area contributed by atoms with E-state index >= 15 is 0 Å². The smallest absolute Gasteiger partial charge is 0.126 e. The highest BCUT2D eigenvalue weighted by atomic mass is 19.1. The van der Waals surface area contributed by atoms with Crippen LogP contribution < -0.4 is 0 Å². The molecule has 0 bridgehead atoms. The number of benzene rings is 5. The zero-order valence-corrected chi connectivity index (χ0v) is 23.4. The Morgan fingerprint density at radius 1 is 0.625 bits per heavy atom. The molecule has 0 radical (unpaired) electrons. The van der Waals surface area contributed by atoms with E-state index in [0.717, 1.165) is 47.9 Å². The molecule has 0 aromatic heterocycles. The fourth-order valence-corrected chi connectivity index (χ4v) is 6.54. The highest BCUT2D eigenvalue weighted by Crippen LogP contribution is 2.45. The molecular weight excluding hydrogens is 487 g/mol. The number of hydrogen-bond donors (Lipinski definition) is 0. The zero-order chi connectivity index (χ0) is 27.4. The van der Waals surface area contributed by atoms with E-state index in [0.29, 0.717) is 0 Å². The molecular formula is C39H33F. The summed E-state index contributed by atoms with van der Waals surface area (Å²) in [5, 5.41) is 5.06. The molecule has 40 heavy (non-hydrogen) atoms. The van der Waals surface area contributed by atoms with Crippen molar-refractivity contribution in [3.8, 4) is 22.3 Å². The summed E-state index contributed by atoms with van der Waals surface area (Å²) in [6.07, 6.45) is 13.4. The van der Waals surface area contributed by atoms with Crippen LogP contribution in [0, 0.1) is 19.7 Å². The molecule has 0 amide bonds. The van der Waals surface area contributed by atoms with E-state index in [1.807, 2.05) is 13.8 Å². The number of halogens is 1. The molecule has 0 saturated heterocycles. The van der Waals surface area contributed by atoms with Crippen LogP contribution in [0.4, 0.5) is 4.39 Å². The largest absolute Gasteiger partial charge is 0.207 e. The molecule has 0 fully saturated rings. The van der Waals surface area contributed by atoms with Crippen molar-refractivity contribution in [2.75, 3.05) is 0 Å². The van der Waals surface area contributed by atoms with Gasteiger partial charge in [0.05, 0.1) is 0 Å². The first-order valence-electron chi connectivity index (χ1n) is 14.4. The number of fused-ring (bicyclic) bond motifs is 3. The minimum absolute atomic E-state index is 0.145. The molecule has 0 heterocycles. The van der Waals surface area contributed by atoms with E-state index in [1.165, 1.54) is 60.5 Å². The van der Waals surface area contributed by atoms with Crippen LogP contribution in [0.1, 0.15) is 54.0 Å². The lowest BCUT2D eigenvalue weighted by Gasteiger charge is -2.22. The fraction of sp³-hybridized carbons (Fsp3) is 0.179. The Morgan fingerprint density at radius 2 is 1.40 bits per heavy atom. The number of aryl methyl sites for hydroxylation is 2. The van der Waals surface area contributed by atoms with Gasteiger partial charge in [-0.15, -0.1) is 0 Å². The number of hydrogen-bond acceptors (Lipinski definition) is 0. The first-order chi connectivity index (χ1) is 19.5. The van der Waals surface area contributed by atoms with Gasteiger partial charge in [-0.2, -0.15) is 0 Å². The quantitative estimate of drug-likeness (QED) is 0.208. The maximum atomic E-state index is 14.9. The van der Waals surface area contributed by atoms with Crippen molar-refractivity contribution in [2.24, 2.45) is 0 Å². The third kappa shape index (κ3) is 4.12. The third-order valence-corrected chi connectivity index (χ3v) is 8.95. The Balaban J connectivity index is 1.57. The van der Waals surface area contributed by atoms with Crippen LogP contribution in [0.15, 0.2) is 96.6 Å². The fourth-order valence-electron chi connectivity index (χ4n) is 6.54. The van der Waals surface area contributed by atoms with Gasteiger partial charge < -0.3 is 0 Å². The molecule has 0 N–H and O–H groups in total. The van der Waals surface area contributed by atoms with Gasteiger partial charge in [0.2, 0.25) is 0 Å². The predicted octanol–water partition coefficient (Wildman–Crippen LogP) is 11.2. The molecule has 0 saturated carbocycles. The van der Waals surface area contributed by atoms with Crippen LogP contribution in [0.2, 0.25) is 0 Å². The molecule has 0 unspecified atom stereocenters. The Hall–Kier alpha value is -4.23. The average molecular weight is 521 g/mol. The molecule has 0 aliphatic heterocycles. The molecule has 0 spiro atoms. The second-order valence-corrected chi connectivity index (χ2v) is 11.5. The normalized spacial score (nSPS) is 14.8. The van der Waals surface area contributed by atoms with Gasteiger partial charge >= 0.3 is 0 Å². The highest BCUT2D eigenvalue weighted by Gasteiger charge is 2.20. The van der Waals surface area contributed by atoms with Gasteiger partial charge in [0.25, 0.3) is 0 Å². The van der Waals surface area contributed by atoms with Crippen LogP contribution in [0.3, 0.4) is 0 Å². The van der Waals surface area contributed by atoms with E-state index in [-0.39, 0.29) is 5.82 Å². The molecule has 2 aliphatic carbocycles. The predicted molar refractivity (Wildman–Crippen MR) is 170 cm³/mol. The SMILES string of the molecule is CC1=CC=C(c2c3ccccc3c(-c3ccc4c(c3)CCC=C4)c3ccc(-c4cc(C)c(C)c(F)c4)cc23)CC1. The van der Waals surface area contributed by atoms with Crippen LogP contribution in [0.25, 0.3) is 55.4 Å². The van der Waals surface area contributed by atoms with E-state index in [1.54, 1.807) is 6.07 Å². The highest BCUT2D eigenvalue weighted by molar-refractivity contribution is 6.19. The molecule has 5 aromatic carbocycles. The van der Waals surface area contributed by atoms with Gasteiger partial charge in [-0.3, -0.25) is 0 Å². The average Bonchev–Trinajstić information content (AvgIpc) is 2.98. The second-order valence-electron chi connectivity index (χ2n) is 11.5. The molecule has 2 aliphatic rings. The Labute approximate surface area is 236 Å². The van der Waals surface area contributed by atoms with Crippen molar-refractivity contribution in [2.45, 2.75) is 46.5 Å². The molecule has 7 rings (SSSR count). The summed E-state index contributed by atoms with van der Waals surface area (Å²) >= 11 is 0. The minimum atomic E-state index is -0.145. The van der Waals surface area contributed by atoms with Crippen LogP contribution >= 0.6 is 0 Å². The molecule has 1 heteroatoms. The van der Waals surface area contributed by atoms with Gasteiger partial charge in [0, 0.05) is 0 Å². The van der Waals surface area contributed by atoms with Crippen molar-refractivity contribution in [3.63, 3.8) is 0 Å². The first-order valence-corrected chi connectivity index (χ1v) is 14.4. The lowest BCUT2D eigenvalue weighted by Crippen LogP contribution is -1.98. The van der Waals surface area contributed by atoms with Crippen molar-refractivity contribution in [3.05, 3.63) is 130 Å². The zero-order valence-electron chi connectivity index (χ0n) is 23.4. The maximum absolute atomic E-state index is 14.9. The number of rotatable bonds is 3. The van der Waals surface area contributed by atoms with E-state index in [2.05, 4.69) is 98.0 Å². The van der Waals surface area contributed by atoms with E-state index < -0.39 is 0 Å². The van der Waals surface area contributed by atoms with Crippen LogP contribution in [0.5, 0.6) is 0 Å². The molecule has 0 atom stereocenters. The molecule has 196 valence electrons. The Kier molecular flexibility index (Phi) is 6.04. The van der Waals surface area contributed by atoms with Gasteiger partial charge in [-0.25, -0.2) is 4.39 Å². The van der Waals surface area contributed by atoms with Gasteiger partial charge in [-0.05, 0) is 136 Å². The van der Waals surface area contributed by atoms with Crippen molar-refractivity contribution < 1.29 is 4.39 Å². The summed E-state index contributed by atoms with van der Waals surface area (Å²) in [5.74, 6) is -0.145. The van der Waals surface area contributed by atoms with Crippen molar-refractivity contribution in [1.82, 2.24) is 0 Å². The monoisotopic (exact) mass is 520 g/mol. The van der Waals surface area contributed by atoms with E-state index in [9.17, 15) is 4.39 Å². The van der Waals surface area contributed by atoms with Crippen LogP contribution in [-0.2, 0) is 6.42 Å². The lowest BCUT2D eigenvalue weighted by molar-refractivity contribution is 0.617. The van der Waals surface area contributed by atoms with Gasteiger partial charge in [0.1, 0.15) is 5.82 Å². The minimum Gasteiger partial charge on any atom is -0.207 e. The summed E-state index contributed by atoms with van der Waals surface area (Å²) in [5.41, 5.74) is 13.1. The summed E-state index contributed by atoms with van der Waals surface area (Å²) < 4.78 is 14.9. The third-order valence-electron chi connectivity index (χ3n) is 8.95. The first kappa shape index (κ1) is 24.8. The summed E-state index contributed by atoms with van der Waals surface area (Å²) in [6, 6.07) is 26.4. The Morgan fingerprint density at radius 3 is 2.17 bits per heavy atom. The Bertz CT molecular complexity index is 1910. The molecule has 0 nitrogen and oxygen atoms in total. The molecule has 5 aromatic rings. The van der Waals surface area contributed by atoms with Crippen molar-refractivity contribution in [1.29, 1.82) is 0 Å². The van der Waals surface area contributed by atoms with Crippen molar-refractivity contribution >= 4 is 33.2 Å². The van der Waals surface area contributed by atoms with Gasteiger partial charge in [0.15, 0.2) is 0 Å². The standard InChI is InChI=1S/C39H33F/c1-24-12-14-28(15-13-24)38-33-10-6-7-11-34(33)39(31-17-16-27-8-4-5-9-29(27)21-31)35-19-18-30(22-36(35)38)32-20-25(2)26(3)37(40)23-32/h4,6-8,10-12,14,16-23H,5,9,13,15H2,1-3H3. The summed E-state index contributed by atoms with van der Waals surface area (Å²) in [6.45, 7) is 6.06. The summed E-state index contributed by atoms with van der Waals surface area (Å²) in [7, 11) is 0. The lowest BCUT2D eigenvalue weighted by atomic mass is 9.81. The van der Waals surface area contributed by atoms with Crippen LogP contribution in [-0.4, -0.2) is 0 Å².